The number of hydrogen-bond acceptors (Lipinski definition) is 4. The third-order valence-electron chi connectivity index (χ3n) is 4.06. The van der Waals surface area contributed by atoms with Gasteiger partial charge in [0.1, 0.15) is 0 Å². The number of aliphatic hydroxyl groups is 1. The molecule has 1 saturated carbocycles. The molecule has 0 bridgehead atoms. The Morgan fingerprint density at radius 3 is 2.76 bits per heavy atom. The van der Waals surface area contributed by atoms with E-state index < -0.39 is 6.10 Å². The molecule has 1 aliphatic rings. The number of rotatable bonds is 11. The summed E-state index contributed by atoms with van der Waals surface area (Å²) in [7, 11) is 0. The zero-order valence-corrected chi connectivity index (χ0v) is 14.1. The van der Waals surface area contributed by atoms with Crippen LogP contribution in [0.25, 0.3) is 0 Å². The largest absolute Gasteiger partial charge is 0.389 e. The molecule has 126 valence electrons. The second-order valence-corrected chi connectivity index (χ2v) is 6.88. The summed E-state index contributed by atoms with van der Waals surface area (Å²) in [4.78, 5) is 0. The molecule has 2 N–H and O–H groups in total. The van der Waals surface area contributed by atoms with Crippen LogP contribution < -0.4 is 5.32 Å². The minimum Gasteiger partial charge on any atom is -0.389 e. The van der Waals surface area contributed by atoms with Crippen LogP contribution in [0.15, 0.2) is 0 Å². The zero-order valence-electron chi connectivity index (χ0n) is 14.1. The van der Waals surface area contributed by atoms with Gasteiger partial charge in [-0.05, 0) is 31.1 Å². The molecular weight excluding hydrogens is 266 g/mol. The summed E-state index contributed by atoms with van der Waals surface area (Å²) in [6, 6.07) is 0. The Morgan fingerprint density at radius 2 is 2.05 bits per heavy atom. The fourth-order valence-corrected chi connectivity index (χ4v) is 2.67. The van der Waals surface area contributed by atoms with E-state index in [1.54, 1.807) is 0 Å². The first-order valence-electron chi connectivity index (χ1n) is 8.66. The first kappa shape index (κ1) is 18.9. The summed E-state index contributed by atoms with van der Waals surface area (Å²) in [5.41, 5.74) is 0. The summed E-state index contributed by atoms with van der Waals surface area (Å²) in [6.07, 6.45) is 5.91. The first-order valence-corrected chi connectivity index (χ1v) is 8.66. The lowest BCUT2D eigenvalue weighted by Crippen LogP contribution is -2.34. The van der Waals surface area contributed by atoms with Crippen LogP contribution in [0.5, 0.6) is 0 Å². The second-order valence-electron chi connectivity index (χ2n) is 6.88. The van der Waals surface area contributed by atoms with Crippen molar-refractivity contribution in [2.45, 2.75) is 65.1 Å². The molecule has 3 atom stereocenters. The normalized spacial score (nSPS) is 24.4. The Hall–Kier alpha value is -0.160. The van der Waals surface area contributed by atoms with Crippen LogP contribution in [0.2, 0.25) is 0 Å². The first-order chi connectivity index (χ1) is 10.1. The fraction of sp³-hybridized carbons (Fsp3) is 1.00. The molecule has 0 aliphatic heterocycles. The molecule has 1 aliphatic carbocycles. The summed E-state index contributed by atoms with van der Waals surface area (Å²) in [5, 5.41) is 13.1. The van der Waals surface area contributed by atoms with Crippen LogP contribution in [0.1, 0.15) is 52.9 Å². The summed E-state index contributed by atoms with van der Waals surface area (Å²) in [6.45, 7) is 10.0. The lowest BCUT2D eigenvalue weighted by molar-refractivity contribution is -0.0309. The van der Waals surface area contributed by atoms with Crippen LogP contribution in [0, 0.1) is 11.8 Å². The molecule has 1 fully saturated rings. The average molecular weight is 301 g/mol. The van der Waals surface area contributed by atoms with E-state index in [0.29, 0.717) is 31.8 Å². The van der Waals surface area contributed by atoms with Crippen LogP contribution in [-0.4, -0.2) is 50.2 Å². The smallest absolute Gasteiger partial charge is 0.0897 e. The zero-order chi connectivity index (χ0) is 15.5. The van der Waals surface area contributed by atoms with Gasteiger partial charge in [0.05, 0.1) is 25.4 Å². The topological polar surface area (TPSA) is 50.7 Å². The van der Waals surface area contributed by atoms with E-state index >= 15 is 0 Å². The van der Waals surface area contributed by atoms with Crippen molar-refractivity contribution in [2.24, 2.45) is 11.8 Å². The van der Waals surface area contributed by atoms with Gasteiger partial charge in [-0.3, -0.25) is 0 Å². The van der Waals surface area contributed by atoms with Crippen molar-refractivity contribution in [3.8, 4) is 0 Å². The van der Waals surface area contributed by atoms with Crippen molar-refractivity contribution < 1.29 is 14.6 Å². The van der Waals surface area contributed by atoms with E-state index in [1.165, 1.54) is 12.8 Å². The molecule has 0 heterocycles. The number of aliphatic hydroxyl groups excluding tert-OH is 1. The maximum absolute atomic E-state index is 9.89. The van der Waals surface area contributed by atoms with Crippen molar-refractivity contribution in [1.82, 2.24) is 5.32 Å². The fourth-order valence-electron chi connectivity index (χ4n) is 2.67. The van der Waals surface area contributed by atoms with Gasteiger partial charge < -0.3 is 19.9 Å². The molecule has 4 nitrogen and oxygen atoms in total. The number of ether oxygens (including phenoxy) is 2. The van der Waals surface area contributed by atoms with Crippen molar-refractivity contribution in [1.29, 1.82) is 0 Å². The highest BCUT2D eigenvalue weighted by molar-refractivity contribution is 4.71. The third-order valence-corrected chi connectivity index (χ3v) is 4.06. The summed E-state index contributed by atoms with van der Waals surface area (Å²) in [5.74, 6) is 1.46. The molecule has 0 spiro atoms. The van der Waals surface area contributed by atoms with E-state index in [1.807, 2.05) is 0 Å². The molecule has 21 heavy (non-hydrogen) atoms. The van der Waals surface area contributed by atoms with Gasteiger partial charge in [0.25, 0.3) is 0 Å². The maximum Gasteiger partial charge on any atom is 0.0897 e. The molecule has 0 saturated heterocycles. The SMILES string of the molecule is CC(C)CCOCCNCC(O)COC1CCCC(C)C1. The predicted octanol–water partition coefficient (Wildman–Crippen LogP) is 2.59. The van der Waals surface area contributed by atoms with Crippen molar-refractivity contribution >= 4 is 0 Å². The Labute approximate surface area is 130 Å². The molecule has 0 aromatic heterocycles. The average Bonchev–Trinajstić information content (AvgIpc) is 2.44. The van der Waals surface area contributed by atoms with Gasteiger partial charge in [-0.15, -0.1) is 0 Å². The van der Waals surface area contributed by atoms with Gasteiger partial charge in [-0.1, -0.05) is 33.6 Å². The number of hydrogen-bond donors (Lipinski definition) is 2. The minimum atomic E-state index is -0.419. The van der Waals surface area contributed by atoms with Gasteiger partial charge >= 0.3 is 0 Å². The van der Waals surface area contributed by atoms with Gasteiger partial charge in [0, 0.05) is 19.7 Å². The van der Waals surface area contributed by atoms with Crippen LogP contribution in [-0.2, 0) is 9.47 Å². The molecular formula is C17H35NO3. The van der Waals surface area contributed by atoms with E-state index in [0.717, 1.165) is 38.3 Å². The van der Waals surface area contributed by atoms with Gasteiger partial charge in [-0.25, -0.2) is 0 Å². The van der Waals surface area contributed by atoms with Crippen molar-refractivity contribution in [3.05, 3.63) is 0 Å². The molecule has 0 aromatic carbocycles. The second kappa shape index (κ2) is 11.4. The van der Waals surface area contributed by atoms with Crippen LogP contribution in [0.3, 0.4) is 0 Å². The highest BCUT2D eigenvalue weighted by Crippen LogP contribution is 2.25. The van der Waals surface area contributed by atoms with Crippen molar-refractivity contribution in [3.63, 3.8) is 0 Å². The quantitative estimate of drug-likeness (QED) is 0.576. The molecule has 3 unspecified atom stereocenters. The Morgan fingerprint density at radius 1 is 1.24 bits per heavy atom. The predicted molar refractivity (Wildman–Crippen MR) is 86.5 cm³/mol. The maximum atomic E-state index is 9.89. The van der Waals surface area contributed by atoms with Crippen LogP contribution in [0.4, 0.5) is 0 Å². The highest BCUT2D eigenvalue weighted by atomic mass is 16.5. The molecule has 1 rings (SSSR count). The highest BCUT2D eigenvalue weighted by Gasteiger charge is 2.20. The van der Waals surface area contributed by atoms with E-state index in [4.69, 9.17) is 9.47 Å². The standard InChI is InChI=1S/C17H35NO3/c1-14(2)7-9-20-10-8-18-12-16(19)13-21-17-6-4-5-15(3)11-17/h14-19H,4-13H2,1-3H3. The van der Waals surface area contributed by atoms with Crippen LogP contribution >= 0.6 is 0 Å². The third kappa shape index (κ3) is 10.2. The summed E-state index contributed by atoms with van der Waals surface area (Å²) < 4.78 is 11.3. The molecule has 0 amide bonds. The van der Waals surface area contributed by atoms with E-state index in [-0.39, 0.29) is 0 Å². The summed E-state index contributed by atoms with van der Waals surface area (Å²) >= 11 is 0. The van der Waals surface area contributed by atoms with E-state index in [9.17, 15) is 5.11 Å². The van der Waals surface area contributed by atoms with Gasteiger partial charge in [-0.2, -0.15) is 0 Å². The van der Waals surface area contributed by atoms with Gasteiger partial charge in [0.15, 0.2) is 0 Å². The number of nitrogens with one attached hydrogen (secondary N) is 1. The molecule has 0 radical (unpaired) electrons. The molecule has 4 heteroatoms. The Bertz CT molecular complexity index is 248. The monoisotopic (exact) mass is 301 g/mol. The minimum absolute atomic E-state index is 0.350. The van der Waals surface area contributed by atoms with Gasteiger partial charge in [0.2, 0.25) is 0 Å². The van der Waals surface area contributed by atoms with E-state index in [2.05, 4.69) is 26.1 Å². The van der Waals surface area contributed by atoms with Crippen molar-refractivity contribution in [2.75, 3.05) is 32.9 Å². The molecule has 0 aromatic rings. The Kier molecular flexibility index (Phi) is 10.3. The lowest BCUT2D eigenvalue weighted by Gasteiger charge is -2.27. The lowest BCUT2D eigenvalue weighted by atomic mass is 9.89. The Balaban J connectivity index is 1.90.